The van der Waals surface area contributed by atoms with Gasteiger partial charge in [-0.05, 0) is 37.4 Å². The molecule has 2 aromatic heterocycles. The monoisotopic (exact) mass is 344 g/mol. The van der Waals surface area contributed by atoms with E-state index in [2.05, 4.69) is 39.6 Å². The Morgan fingerprint density at radius 3 is 2.69 bits per heavy atom. The van der Waals surface area contributed by atoms with Crippen LogP contribution in [0.1, 0.15) is 11.3 Å². The van der Waals surface area contributed by atoms with Crippen molar-refractivity contribution in [3.05, 3.63) is 54.4 Å². The summed E-state index contributed by atoms with van der Waals surface area (Å²) >= 11 is 0. The molecule has 6 heteroatoms. The van der Waals surface area contributed by atoms with Gasteiger partial charge in [-0.2, -0.15) is 10.4 Å². The van der Waals surface area contributed by atoms with Gasteiger partial charge in [0.15, 0.2) is 5.65 Å². The van der Waals surface area contributed by atoms with Crippen molar-refractivity contribution in [2.75, 3.05) is 38.1 Å². The molecule has 1 aromatic carbocycles. The highest BCUT2D eigenvalue weighted by Gasteiger charge is 2.18. The number of likely N-dealkylation sites (N-methyl/N-ethyl adjacent to an activating group) is 1. The number of hydrogen-bond acceptors (Lipinski definition) is 5. The van der Waals surface area contributed by atoms with Gasteiger partial charge in [-0.25, -0.2) is 9.50 Å². The van der Waals surface area contributed by atoms with Crippen LogP contribution in [0.2, 0.25) is 0 Å². The van der Waals surface area contributed by atoms with E-state index in [0.29, 0.717) is 5.56 Å². The summed E-state index contributed by atoms with van der Waals surface area (Å²) in [5.41, 5.74) is 5.03. The van der Waals surface area contributed by atoms with Crippen molar-refractivity contribution >= 4 is 17.4 Å². The van der Waals surface area contributed by atoms with Gasteiger partial charge >= 0.3 is 0 Å². The van der Waals surface area contributed by atoms with E-state index < -0.39 is 0 Å². The third-order valence-electron chi connectivity index (χ3n) is 4.85. The number of nitrogens with zero attached hydrogens (tertiary/aromatic N) is 6. The van der Waals surface area contributed by atoms with Crippen LogP contribution in [0, 0.1) is 11.3 Å². The SMILES string of the molecule is C=Cc1ccc2ncc(-c3ccc(N4CCN(C)CC4)c(C#N)c3)n2n1. The number of benzene rings is 1. The van der Waals surface area contributed by atoms with E-state index >= 15 is 0 Å². The Morgan fingerprint density at radius 1 is 1.15 bits per heavy atom. The van der Waals surface area contributed by atoms with Crippen molar-refractivity contribution in [2.45, 2.75) is 0 Å². The molecule has 1 fully saturated rings. The molecule has 0 unspecified atom stereocenters. The van der Waals surface area contributed by atoms with Crippen LogP contribution >= 0.6 is 0 Å². The highest BCUT2D eigenvalue weighted by molar-refractivity contribution is 5.71. The summed E-state index contributed by atoms with van der Waals surface area (Å²) < 4.78 is 1.79. The van der Waals surface area contributed by atoms with Crippen LogP contribution in [0.3, 0.4) is 0 Å². The molecular formula is C20H20N6. The first-order chi connectivity index (χ1) is 12.7. The first kappa shape index (κ1) is 16.3. The van der Waals surface area contributed by atoms with Crippen molar-refractivity contribution in [1.29, 1.82) is 5.26 Å². The zero-order chi connectivity index (χ0) is 18.1. The van der Waals surface area contributed by atoms with Crippen molar-refractivity contribution in [3.8, 4) is 17.3 Å². The smallest absolute Gasteiger partial charge is 0.154 e. The second kappa shape index (κ2) is 6.62. The Balaban J connectivity index is 1.75. The molecule has 1 aliphatic rings. The minimum Gasteiger partial charge on any atom is -0.368 e. The third kappa shape index (κ3) is 2.83. The maximum Gasteiger partial charge on any atom is 0.154 e. The minimum absolute atomic E-state index is 0.682. The van der Waals surface area contributed by atoms with E-state index in [1.165, 1.54) is 0 Å². The predicted molar refractivity (Wildman–Crippen MR) is 103 cm³/mol. The molecule has 6 nitrogen and oxygen atoms in total. The van der Waals surface area contributed by atoms with Crippen LogP contribution in [0.5, 0.6) is 0 Å². The Hall–Kier alpha value is -3.17. The van der Waals surface area contributed by atoms with E-state index in [1.54, 1.807) is 16.8 Å². The fourth-order valence-electron chi connectivity index (χ4n) is 3.30. The molecule has 0 atom stereocenters. The van der Waals surface area contributed by atoms with Gasteiger partial charge in [-0.1, -0.05) is 12.6 Å². The summed E-state index contributed by atoms with van der Waals surface area (Å²) in [4.78, 5) is 9.00. The lowest BCUT2D eigenvalue weighted by atomic mass is 10.1. The number of aromatic nitrogens is 3. The van der Waals surface area contributed by atoms with Crippen LogP contribution in [-0.2, 0) is 0 Å². The molecule has 0 N–H and O–H groups in total. The van der Waals surface area contributed by atoms with Gasteiger partial charge < -0.3 is 9.80 Å². The topological polar surface area (TPSA) is 60.5 Å². The van der Waals surface area contributed by atoms with Gasteiger partial charge in [0.25, 0.3) is 0 Å². The summed E-state index contributed by atoms with van der Waals surface area (Å²) in [6.45, 7) is 7.66. The number of imidazole rings is 1. The molecule has 0 saturated carbocycles. The van der Waals surface area contributed by atoms with Gasteiger partial charge in [0.2, 0.25) is 0 Å². The maximum atomic E-state index is 9.68. The Kier molecular flexibility index (Phi) is 4.15. The van der Waals surface area contributed by atoms with E-state index in [1.807, 2.05) is 30.3 Å². The Bertz CT molecular complexity index is 1000. The summed E-state index contributed by atoms with van der Waals surface area (Å²) in [5, 5.41) is 14.2. The average Bonchev–Trinajstić information content (AvgIpc) is 3.11. The lowest BCUT2D eigenvalue weighted by molar-refractivity contribution is 0.313. The van der Waals surface area contributed by atoms with Crippen LogP contribution < -0.4 is 4.90 Å². The van der Waals surface area contributed by atoms with Gasteiger partial charge in [-0.3, -0.25) is 0 Å². The second-order valence-electron chi connectivity index (χ2n) is 6.51. The molecule has 130 valence electrons. The van der Waals surface area contributed by atoms with Gasteiger partial charge in [-0.15, -0.1) is 0 Å². The molecule has 3 heterocycles. The van der Waals surface area contributed by atoms with Crippen LogP contribution in [0.4, 0.5) is 5.69 Å². The maximum absolute atomic E-state index is 9.68. The molecule has 0 amide bonds. The van der Waals surface area contributed by atoms with Crippen molar-refractivity contribution in [3.63, 3.8) is 0 Å². The number of hydrogen-bond donors (Lipinski definition) is 0. The van der Waals surface area contributed by atoms with Gasteiger partial charge in [0.1, 0.15) is 6.07 Å². The summed E-state index contributed by atoms with van der Waals surface area (Å²) in [7, 11) is 2.13. The van der Waals surface area contributed by atoms with Crippen LogP contribution in [0.25, 0.3) is 23.0 Å². The summed E-state index contributed by atoms with van der Waals surface area (Å²) in [5.74, 6) is 0. The van der Waals surface area contributed by atoms with Gasteiger partial charge in [0, 0.05) is 31.7 Å². The molecular weight excluding hydrogens is 324 g/mol. The lowest BCUT2D eigenvalue weighted by Gasteiger charge is -2.34. The lowest BCUT2D eigenvalue weighted by Crippen LogP contribution is -2.44. The summed E-state index contributed by atoms with van der Waals surface area (Å²) in [6, 6.07) is 12.2. The minimum atomic E-state index is 0.682. The van der Waals surface area contributed by atoms with E-state index in [-0.39, 0.29) is 0 Å². The molecule has 0 aliphatic carbocycles. The first-order valence-corrected chi connectivity index (χ1v) is 8.65. The normalized spacial score (nSPS) is 15.2. The third-order valence-corrected chi connectivity index (χ3v) is 4.85. The Labute approximate surface area is 152 Å². The van der Waals surface area contributed by atoms with Gasteiger partial charge in [0.05, 0.1) is 28.8 Å². The number of anilines is 1. The second-order valence-corrected chi connectivity index (χ2v) is 6.51. The zero-order valence-electron chi connectivity index (χ0n) is 14.8. The standard InChI is InChI=1S/C20H20N6/c1-3-17-5-7-20-22-14-19(26(20)23-17)15-4-6-18(16(12-15)13-21)25-10-8-24(2)9-11-25/h3-7,12,14H,1,8-11H2,2H3. The number of fused-ring (bicyclic) bond motifs is 1. The molecule has 3 aromatic rings. The van der Waals surface area contributed by atoms with Crippen LogP contribution in [0.15, 0.2) is 43.1 Å². The highest BCUT2D eigenvalue weighted by atomic mass is 15.3. The molecule has 1 saturated heterocycles. The van der Waals surface area contributed by atoms with Crippen molar-refractivity contribution < 1.29 is 0 Å². The fourth-order valence-corrected chi connectivity index (χ4v) is 3.30. The number of nitriles is 1. The number of rotatable bonds is 3. The first-order valence-electron chi connectivity index (χ1n) is 8.65. The quantitative estimate of drug-likeness (QED) is 0.731. The number of piperazine rings is 1. The van der Waals surface area contributed by atoms with E-state index in [9.17, 15) is 5.26 Å². The highest BCUT2D eigenvalue weighted by Crippen LogP contribution is 2.28. The average molecular weight is 344 g/mol. The molecule has 0 spiro atoms. The predicted octanol–water partition coefficient (Wildman–Crippen LogP) is 2.66. The molecule has 26 heavy (non-hydrogen) atoms. The fraction of sp³-hybridized carbons (Fsp3) is 0.250. The van der Waals surface area contributed by atoms with E-state index in [0.717, 1.165) is 54.5 Å². The zero-order valence-corrected chi connectivity index (χ0v) is 14.8. The van der Waals surface area contributed by atoms with E-state index in [4.69, 9.17) is 0 Å². The molecule has 4 rings (SSSR count). The van der Waals surface area contributed by atoms with Crippen molar-refractivity contribution in [1.82, 2.24) is 19.5 Å². The molecule has 0 radical (unpaired) electrons. The summed E-state index contributed by atoms with van der Waals surface area (Å²) in [6.07, 6.45) is 3.50. The van der Waals surface area contributed by atoms with Crippen molar-refractivity contribution in [2.24, 2.45) is 0 Å². The van der Waals surface area contributed by atoms with Crippen LogP contribution in [-0.4, -0.2) is 52.7 Å². The largest absolute Gasteiger partial charge is 0.368 e. The molecule has 0 bridgehead atoms. The molecule has 1 aliphatic heterocycles. The Morgan fingerprint density at radius 2 is 1.96 bits per heavy atom.